The van der Waals surface area contributed by atoms with Crippen molar-refractivity contribution in [3.05, 3.63) is 30.1 Å². The summed E-state index contributed by atoms with van der Waals surface area (Å²) in [6.45, 7) is 1.70. The molecule has 0 spiro atoms. The van der Waals surface area contributed by atoms with Gasteiger partial charge in [0.15, 0.2) is 9.84 Å². The number of sulfone groups is 1. The van der Waals surface area contributed by atoms with Gasteiger partial charge in [-0.2, -0.15) is 0 Å². The molecule has 0 saturated carbocycles. The highest BCUT2D eigenvalue weighted by atomic mass is 32.2. The van der Waals surface area contributed by atoms with E-state index in [0.29, 0.717) is 12.1 Å². The number of hydrogen-bond acceptors (Lipinski definition) is 4. The Bertz CT molecular complexity index is 616. The van der Waals surface area contributed by atoms with Gasteiger partial charge in [0.05, 0.1) is 11.5 Å². The molecule has 1 fully saturated rings. The Morgan fingerprint density at radius 1 is 1.38 bits per heavy atom. The number of rotatable bonds is 4. The van der Waals surface area contributed by atoms with E-state index in [0.717, 1.165) is 0 Å². The quantitative estimate of drug-likeness (QED) is 0.909. The molecule has 0 bridgehead atoms. The zero-order valence-corrected chi connectivity index (χ0v) is 12.9. The predicted octanol–water partition coefficient (Wildman–Crippen LogP) is 1.27. The van der Waals surface area contributed by atoms with E-state index in [2.05, 4.69) is 5.32 Å². The van der Waals surface area contributed by atoms with Crippen molar-refractivity contribution in [1.82, 2.24) is 4.90 Å². The molecule has 0 aromatic heterocycles. The molecule has 2 unspecified atom stereocenters. The second-order valence-corrected chi connectivity index (χ2v) is 7.61. The van der Waals surface area contributed by atoms with Crippen LogP contribution in [0.2, 0.25) is 0 Å². The Balaban J connectivity index is 1.97. The Labute approximate surface area is 124 Å². The summed E-state index contributed by atoms with van der Waals surface area (Å²) in [5.41, 5.74) is 0.643. The lowest BCUT2D eigenvalue weighted by atomic mass is 10.2. The smallest absolute Gasteiger partial charge is 0.244 e. The first-order chi connectivity index (χ1) is 9.78. The Hall–Kier alpha value is -1.63. The molecule has 0 radical (unpaired) electrons. The van der Waals surface area contributed by atoms with E-state index in [-0.39, 0.29) is 29.3 Å². The van der Waals surface area contributed by atoms with Crippen molar-refractivity contribution >= 4 is 21.4 Å². The van der Waals surface area contributed by atoms with E-state index in [1.165, 1.54) is 17.0 Å². The number of benzene rings is 1. The third kappa shape index (κ3) is 3.93. The van der Waals surface area contributed by atoms with Gasteiger partial charge >= 0.3 is 0 Å². The van der Waals surface area contributed by atoms with Gasteiger partial charge in [-0.05, 0) is 37.6 Å². The molecule has 1 saturated heterocycles. The van der Waals surface area contributed by atoms with Gasteiger partial charge in [-0.25, -0.2) is 12.8 Å². The first-order valence-electron chi connectivity index (χ1n) is 6.78. The molecule has 2 atom stereocenters. The number of likely N-dealkylation sites (N-methyl/N-ethyl adjacent to an activating group) is 1. The zero-order chi connectivity index (χ0) is 15.6. The minimum absolute atomic E-state index is 0.0263. The molecule has 2 rings (SSSR count). The second-order valence-electron chi connectivity index (χ2n) is 5.38. The fourth-order valence-corrected chi connectivity index (χ4v) is 4.20. The van der Waals surface area contributed by atoms with Crippen LogP contribution >= 0.6 is 0 Å². The van der Waals surface area contributed by atoms with E-state index < -0.39 is 15.9 Å². The van der Waals surface area contributed by atoms with Crippen LogP contribution < -0.4 is 5.32 Å². The standard InChI is InChI=1S/C14H19FN2O3S/c1-10(16-12-5-3-11(15)4-6-12)14(18)17(2)13-7-8-21(19,20)9-13/h3-6,10,13,16H,7-9H2,1-2H3. The van der Waals surface area contributed by atoms with Gasteiger partial charge in [-0.15, -0.1) is 0 Å². The van der Waals surface area contributed by atoms with E-state index in [1.807, 2.05) is 0 Å². The van der Waals surface area contributed by atoms with Gasteiger partial charge in [0.1, 0.15) is 11.9 Å². The van der Waals surface area contributed by atoms with Crippen molar-refractivity contribution in [3.8, 4) is 0 Å². The number of hydrogen-bond donors (Lipinski definition) is 1. The normalized spacial score (nSPS) is 21.8. The Morgan fingerprint density at radius 2 is 2.00 bits per heavy atom. The molecule has 1 aliphatic heterocycles. The van der Waals surface area contributed by atoms with Gasteiger partial charge in [0, 0.05) is 18.8 Å². The summed E-state index contributed by atoms with van der Waals surface area (Å²) >= 11 is 0. The molecule has 1 amide bonds. The van der Waals surface area contributed by atoms with Gasteiger partial charge < -0.3 is 10.2 Å². The maximum Gasteiger partial charge on any atom is 0.244 e. The summed E-state index contributed by atoms with van der Waals surface area (Å²) in [4.78, 5) is 13.8. The minimum atomic E-state index is -3.02. The fourth-order valence-electron chi connectivity index (χ4n) is 2.42. The number of nitrogens with zero attached hydrogens (tertiary/aromatic N) is 1. The average molecular weight is 314 g/mol. The first-order valence-corrected chi connectivity index (χ1v) is 8.60. The number of anilines is 1. The van der Waals surface area contributed by atoms with Crippen LogP contribution in [0.1, 0.15) is 13.3 Å². The van der Waals surface area contributed by atoms with Crippen LogP contribution in [0.25, 0.3) is 0 Å². The molecule has 1 aromatic carbocycles. The van der Waals surface area contributed by atoms with Gasteiger partial charge in [0.25, 0.3) is 0 Å². The first kappa shape index (κ1) is 15.8. The summed E-state index contributed by atoms with van der Waals surface area (Å²) in [5.74, 6) is -0.359. The van der Waals surface area contributed by atoms with Crippen LogP contribution in [0.4, 0.5) is 10.1 Å². The van der Waals surface area contributed by atoms with Crippen LogP contribution in [-0.4, -0.2) is 49.9 Å². The largest absolute Gasteiger partial charge is 0.374 e. The van der Waals surface area contributed by atoms with Crippen molar-refractivity contribution in [2.75, 3.05) is 23.9 Å². The summed E-state index contributed by atoms with van der Waals surface area (Å²) in [6, 6.07) is 4.96. The fraction of sp³-hybridized carbons (Fsp3) is 0.500. The monoisotopic (exact) mass is 314 g/mol. The summed E-state index contributed by atoms with van der Waals surface area (Å²) in [5, 5.41) is 2.99. The minimum Gasteiger partial charge on any atom is -0.374 e. The summed E-state index contributed by atoms with van der Waals surface area (Å²) in [7, 11) is -1.40. The van der Waals surface area contributed by atoms with Crippen LogP contribution in [0.15, 0.2) is 24.3 Å². The number of nitrogens with one attached hydrogen (secondary N) is 1. The van der Waals surface area contributed by atoms with Crippen molar-refractivity contribution in [2.24, 2.45) is 0 Å². The van der Waals surface area contributed by atoms with Crippen LogP contribution in [0, 0.1) is 5.82 Å². The average Bonchev–Trinajstić information content (AvgIpc) is 2.80. The van der Waals surface area contributed by atoms with Crippen molar-refractivity contribution in [2.45, 2.75) is 25.4 Å². The molecule has 1 aliphatic rings. The maximum absolute atomic E-state index is 12.8. The van der Waals surface area contributed by atoms with Crippen molar-refractivity contribution < 1.29 is 17.6 Å². The highest BCUT2D eigenvalue weighted by Gasteiger charge is 2.33. The van der Waals surface area contributed by atoms with Gasteiger partial charge in [-0.1, -0.05) is 0 Å². The zero-order valence-electron chi connectivity index (χ0n) is 12.0. The summed E-state index contributed by atoms with van der Waals surface area (Å²) in [6.07, 6.45) is 0.480. The molecular formula is C14H19FN2O3S. The molecule has 1 heterocycles. The lowest BCUT2D eigenvalue weighted by Crippen LogP contribution is -2.45. The van der Waals surface area contributed by atoms with Crippen LogP contribution in [-0.2, 0) is 14.6 Å². The van der Waals surface area contributed by atoms with Crippen LogP contribution in [0.5, 0.6) is 0 Å². The molecule has 7 heteroatoms. The molecule has 116 valence electrons. The van der Waals surface area contributed by atoms with E-state index >= 15 is 0 Å². The molecule has 21 heavy (non-hydrogen) atoms. The highest BCUT2D eigenvalue weighted by Crippen LogP contribution is 2.18. The van der Waals surface area contributed by atoms with Crippen LogP contribution in [0.3, 0.4) is 0 Å². The second kappa shape index (κ2) is 6.01. The Kier molecular flexibility index (Phi) is 4.51. The maximum atomic E-state index is 12.8. The summed E-state index contributed by atoms with van der Waals surface area (Å²) < 4.78 is 35.8. The number of amides is 1. The van der Waals surface area contributed by atoms with E-state index in [4.69, 9.17) is 0 Å². The lowest BCUT2D eigenvalue weighted by molar-refractivity contribution is -0.132. The molecule has 1 aromatic rings. The lowest BCUT2D eigenvalue weighted by Gasteiger charge is -2.27. The SMILES string of the molecule is CC(Nc1ccc(F)cc1)C(=O)N(C)C1CCS(=O)(=O)C1. The molecule has 0 aliphatic carbocycles. The Morgan fingerprint density at radius 3 is 2.52 bits per heavy atom. The number of carbonyl (C=O) groups is 1. The molecular weight excluding hydrogens is 295 g/mol. The number of carbonyl (C=O) groups excluding carboxylic acids is 1. The van der Waals surface area contributed by atoms with E-state index in [9.17, 15) is 17.6 Å². The molecule has 1 N–H and O–H groups in total. The third-order valence-corrected chi connectivity index (χ3v) is 5.45. The van der Waals surface area contributed by atoms with Crippen molar-refractivity contribution in [3.63, 3.8) is 0 Å². The van der Waals surface area contributed by atoms with E-state index in [1.54, 1.807) is 26.1 Å². The van der Waals surface area contributed by atoms with Gasteiger partial charge in [-0.3, -0.25) is 4.79 Å². The van der Waals surface area contributed by atoms with Gasteiger partial charge in [0.2, 0.25) is 5.91 Å². The third-order valence-electron chi connectivity index (χ3n) is 3.70. The predicted molar refractivity (Wildman–Crippen MR) is 79.3 cm³/mol. The highest BCUT2D eigenvalue weighted by molar-refractivity contribution is 7.91. The van der Waals surface area contributed by atoms with Crippen molar-refractivity contribution in [1.29, 1.82) is 0 Å². The number of halogens is 1. The molecule has 5 nitrogen and oxygen atoms in total. The topological polar surface area (TPSA) is 66.5 Å².